The highest BCUT2D eigenvalue weighted by Gasteiger charge is 2.50. The Balaban J connectivity index is 2.56. The zero-order valence-electron chi connectivity index (χ0n) is 14.3. The van der Waals surface area contributed by atoms with Gasteiger partial charge in [-0.1, -0.05) is 64.6 Å². The van der Waals surface area contributed by atoms with E-state index in [2.05, 4.69) is 0 Å². The lowest BCUT2D eigenvalue weighted by Gasteiger charge is -2.33. The Labute approximate surface area is 186 Å². The Morgan fingerprint density at radius 2 is 1.28 bits per heavy atom. The molecule has 0 spiro atoms. The molecule has 3 rings (SSSR count). The first-order valence-corrected chi connectivity index (χ1v) is 10.8. The molecule has 0 heterocycles. The van der Waals surface area contributed by atoms with E-state index in [0.29, 0.717) is 0 Å². The normalized spacial score (nSPS) is 13.8. The van der Waals surface area contributed by atoms with Crippen molar-refractivity contribution in [3.05, 3.63) is 91.4 Å². The molecule has 10 heteroatoms. The number of phenols is 2. The third-order valence-electron chi connectivity index (χ3n) is 4.40. The fraction of sp³-hybridized carbons (Fsp3) is 0.0526. The van der Waals surface area contributed by atoms with Crippen LogP contribution in [0.2, 0.25) is 20.1 Å². The first-order chi connectivity index (χ1) is 13.5. The SMILES string of the molecule is O=S(=O)(O)C(c1ccc(O)cc1)(c1ccc(Cl)c(Cl)c1)c1cc(Cl)c(O)cc1Cl. The predicted octanol–water partition coefficient (Wildman–Crippen LogP) is 5.89. The van der Waals surface area contributed by atoms with Crippen LogP contribution in [0.25, 0.3) is 0 Å². The van der Waals surface area contributed by atoms with Gasteiger partial charge in [0, 0.05) is 16.7 Å². The fourth-order valence-corrected chi connectivity index (χ4v) is 5.25. The van der Waals surface area contributed by atoms with E-state index in [-0.39, 0.29) is 48.3 Å². The summed E-state index contributed by atoms with van der Waals surface area (Å²) in [4.78, 5) is 0. The molecule has 0 fully saturated rings. The van der Waals surface area contributed by atoms with Gasteiger partial charge in [-0.25, -0.2) is 0 Å². The second-order valence-corrected chi connectivity index (χ2v) is 9.31. The van der Waals surface area contributed by atoms with E-state index in [9.17, 15) is 23.2 Å². The molecule has 3 aromatic carbocycles. The summed E-state index contributed by atoms with van der Waals surface area (Å²) in [7, 11) is -4.99. The average molecular weight is 494 g/mol. The van der Waals surface area contributed by atoms with Gasteiger partial charge in [0.25, 0.3) is 10.1 Å². The van der Waals surface area contributed by atoms with Gasteiger partial charge < -0.3 is 10.2 Å². The van der Waals surface area contributed by atoms with Crippen LogP contribution in [0.3, 0.4) is 0 Å². The van der Waals surface area contributed by atoms with Gasteiger partial charge in [-0.2, -0.15) is 8.42 Å². The smallest absolute Gasteiger partial charge is 0.283 e. The van der Waals surface area contributed by atoms with Crippen molar-refractivity contribution in [2.24, 2.45) is 0 Å². The lowest BCUT2D eigenvalue weighted by molar-refractivity contribution is 0.456. The Hall–Kier alpha value is -1.67. The molecule has 0 radical (unpaired) electrons. The van der Waals surface area contributed by atoms with E-state index in [4.69, 9.17) is 46.4 Å². The van der Waals surface area contributed by atoms with Gasteiger partial charge in [-0.3, -0.25) is 4.55 Å². The molecule has 0 aromatic heterocycles. The summed E-state index contributed by atoms with van der Waals surface area (Å²) in [5.41, 5.74) is -0.0721. The van der Waals surface area contributed by atoms with Crippen molar-refractivity contribution in [3.8, 4) is 11.5 Å². The Morgan fingerprint density at radius 3 is 1.83 bits per heavy atom. The third-order valence-corrected chi connectivity index (χ3v) is 7.22. The molecule has 0 aliphatic heterocycles. The first kappa shape index (κ1) is 22.0. The van der Waals surface area contributed by atoms with E-state index in [1.807, 2.05) is 0 Å². The van der Waals surface area contributed by atoms with Gasteiger partial charge in [-0.15, -0.1) is 0 Å². The van der Waals surface area contributed by atoms with Crippen LogP contribution < -0.4 is 0 Å². The number of rotatable bonds is 4. The van der Waals surface area contributed by atoms with Crippen molar-refractivity contribution in [1.29, 1.82) is 0 Å². The fourth-order valence-electron chi connectivity index (χ4n) is 3.13. The summed E-state index contributed by atoms with van der Waals surface area (Å²) >= 11 is 24.4. The molecular formula is C19H12Cl4O5S. The molecule has 3 aromatic rings. The minimum Gasteiger partial charge on any atom is -0.508 e. The van der Waals surface area contributed by atoms with Gasteiger partial charge in [0.15, 0.2) is 4.75 Å². The molecule has 152 valence electrons. The van der Waals surface area contributed by atoms with Crippen molar-refractivity contribution in [1.82, 2.24) is 0 Å². The maximum atomic E-state index is 12.9. The second-order valence-electron chi connectivity index (χ2n) is 6.12. The monoisotopic (exact) mass is 492 g/mol. The second kappa shape index (κ2) is 7.87. The number of halogens is 4. The van der Waals surface area contributed by atoms with Crippen LogP contribution in [0.5, 0.6) is 11.5 Å². The van der Waals surface area contributed by atoms with Crippen molar-refractivity contribution in [2.45, 2.75) is 4.75 Å². The lowest BCUT2D eigenvalue weighted by atomic mass is 9.83. The zero-order chi connectivity index (χ0) is 21.6. The van der Waals surface area contributed by atoms with E-state index < -0.39 is 14.9 Å². The van der Waals surface area contributed by atoms with Gasteiger partial charge in [0.2, 0.25) is 0 Å². The van der Waals surface area contributed by atoms with Crippen molar-refractivity contribution in [2.75, 3.05) is 0 Å². The van der Waals surface area contributed by atoms with E-state index in [1.165, 1.54) is 42.5 Å². The maximum absolute atomic E-state index is 12.9. The predicted molar refractivity (Wildman–Crippen MR) is 114 cm³/mol. The number of hydrogen-bond donors (Lipinski definition) is 3. The van der Waals surface area contributed by atoms with Gasteiger partial charge in [0.1, 0.15) is 11.5 Å². The Morgan fingerprint density at radius 1 is 0.690 bits per heavy atom. The van der Waals surface area contributed by atoms with Crippen molar-refractivity contribution < 1.29 is 23.2 Å². The number of phenolic OH excluding ortho intramolecular Hbond substituents is 2. The minimum absolute atomic E-state index is 0.0174. The molecule has 0 amide bonds. The summed E-state index contributed by atoms with van der Waals surface area (Å²) in [6.45, 7) is 0. The summed E-state index contributed by atoms with van der Waals surface area (Å²) in [5, 5.41) is 19.3. The van der Waals surface area contributed by atoms with Crippen LogP contribution in [0, 0.1) is 0 Å². The number of hydrogen-bond acceptors (Lipinski definition) is 4. The molecule has 0 bridgehead atoms. The summed E-state index contributed by atoms with van der Waals surface area (Å²) in [6, 6.07) is 11.3. The molecule has 3 N–H and O–H groups in total. The Bertz CT molecular complexity index is 1200. The quantitative estimate of drug-likeness (QED) is 0.311. The van der Waals surface area contributed by atoms with Gasteiger partial charge in [0.05, 0.1) is 15.1 Å². The van der Waals surface area contributed by atoms with Gasteiger partial charge in [-0.05, 0) is 41.5 Å². The summed E-state index contributed by atoms with van der Waals surface area (Å²) < 4.78 is 34.1. The zero-order valence-corrected chi connectivity index (χ0v) is 18.1. The van der Waals surface area contributed by atoms with Crippen LogP contribution in [0.1, 0.15) is 16.7 Å². The average Bonchev–Trinajstić information content (AvgIpc) is 2.63. The molecule has 29 heavy (non-hydrogen) atoms. The molecule has 1 unspecified atom stereocenters. The van der Waals surface area contributed by atoms with Gasteiger partial charge >= 0.3 is 0 Å². The lowest BCUT2D eigenvalue weighted by Crippen LogP contribution is -2.38. The highest BCUT2D eigenvalue weighted by atomic mass is 35.5. The molecule has 0 saturated heterocycles. The van der Waals surface area contributed by atoms with Crippen molar-refractivity contribution >= 4 is 56.5 Å². The molecular weight excluding hydrogens is 482 g/mol. The van der Waals surface area contributed by atoms with Crippen LogP contribution in [0.4, 0.5) is 0 Å². The molecule has 0 saturated carbocycles. The third kappa shape index (κ3) is 3.77. The van der Waals surface area contributed by atoms with E-state index >= 15 is 0 Å². The molecule has 0 aliphatic rings. The molecule has 5 nitrogen and oxygen atoms in total. The molecule has 0 aliphatic carbocycles. The van der Waals surface area contributed by atoms with Crippen LogP contribution in [-0.4, -0.2) is 23.2 Å². The number of aromatic hydroxyl groups is 2. The van der Waals surface area contributed by atoms with Crippen LogP contribution >= 0.6 is 46.4 Å². The van der Waals surface area contributed by atoms with E-state index in [0.717, 1.165) is 12.1 Å². The highest BCUT2D eigenvalue weighted by molar-refractivity contribution is 7.87. The molecule has 1 atom stereocenters. The first-order valence-electron chi connectivity index (χ1n) is 7.89. The van der Waals surface area contributed by atoms with Crippen LogP contribution in [0.15, 0.2) is 54.6 Å². The minimum atomic E-state index is -4.99. The Kier molecular flexibility index (Phi) is 5.98. The van der Waals surface area contributed by atoms with Crippen molar-refractivity contribution in [3.63, 3.8) is 0 Å². The maximum Gasteiger partial charge on any atom is 0.283 e. The number of benzene rings is 3. The summed E-state index contributed by atoms with van der Waals surface area (Å²) in [6.07, 6.45) is 0. The van der Waals surface area contributed by atoms with E-state index in [1.54, 1.807) is 0 Å². The standard InChI is InChI=1S/C19H12Cl4O5S/c20-14-6-3-11(7-16(14)22)19(29(26,27)28,10-1-4-12(24)5-2-10)13-8-17(23)18(25)9-15(13)21/h1-9,24-25H,(H,26,27,28). The summed E-state index contributed by atoms with van der Waals surface area (Å²) in [5.74, 6) is -0.494. The topological polar surface area (TPSA) is 94.8 Å². The highest BCUT2D eigenvalue weighted by Crippen LogP contribution is 2.49. The largest absolute Gasteiger partial charge is 0.508 e. The van der Waals surface area contributed by atoms with Crippen LogP contribution in [-0.2, 0) is 14.9 Å².